The van der Waals surface area contributed by atoms with Gasteiger partial charge >= 0.3 is 0 Å². The Labute approximate surface area is 110 Å². The van der Waals surface area contributed by atoms with Crippen molar-refractivity contribution >= 4 is 11.4 Å². The fraction of sp³-hybridized carbons (Fsp3) is 0.600. The molecule has 0 saturated carbocycles. The van der Waals surface area contributed by atoms with Gasteiger partial charge in [0.05, 0.1) is 0 Å². The normalized spacial score (nSPS) is 27.2. The number of hydrogen-bond acceptors (Lipinski definition) is 3. The molecular formula is C15H23N3. The maximum absolute atomic E-state index is 5.73. The number of anilines is 2. The van der Waals surface area contributed by atoms with Gasteiger partial charge in [0.1, 0.15) is 0 Å². The molecule has 1 atom stereocenters. The van der Waals surface area contributed by atoms with E-state index in [4.69, 9.17) is 5.73 Å². The van der Waals surface area contributed by atoms with Gasteiger partial charge < -0.3 is 10.6 Å². The molecule has 0 aliphatic carbocycles. The van der Waals surface area contributed by atoms with Crippen molar-refractivity contribution in [2.24, 2.45) is 5.41 Å². The van der Waals surface area contributed by atoms with Crippen LogP contribution in [0.25, 0.3) is 0 Å². The van der Waals surface area contributed by atoms with E-state index in [-0.39, 0.29) is 0 Å². The minimum atomic E-state index is 0.536. The summed E-state index contributed by atoms with van der Waals surface area (Å²) in [5, 5.41) is 0. The summed E-state index contributed by atoms with van der Waals surface area (Å²) >= 11 is 0. The van der Waals surface area contributed by atoms with Gasteiger partial charge in [-0.15, -0.1) is 0 Å². The summed E-state index contributed by atoms with van der Waals surface area (Å²) in [6.07, 6.45) is 1.29. The van der Waals surface area contributed by atoms with Crippen molar-refractivity contribution in [1.82, 2.24) is 4.90 Å². The largest absolute Gasteiger partial charge is 0.399 e. The Morgan fingerprint density at radius 3 is 2.44 bits per heavy atom. The molecule has 1 aromatic rings. The van der Waals surface area contributed by atoms with Crippen LogP contribution in [-0.4, -0.2) is 37.1 Å². The van der Waals surface area contributed by atoms with Crippen molar-refractivity contribution in [2.45, 2.75) is 26.3 Å². The summed E-state index contributed by atoms with van der Waals surface area (Å²) in [7, 11) is 0. The maximum Gasteiger partial charge on any atom is 0.0368 e. The zero-order valence-electron chi connectivity index (χ0n) is 11.4. The number of nitrogens with two attached hydrogens (primary N) is 1. The highest BCUT2D eigenvalue weighted by atomic mass is 15.3. The molecule has 2 heterocycles. The van der Waals surface area contributed by atoms with Crippen molar-refractivity contribution in [3.05, 3.63) is 24.3 Å². The lowest BCUT2D eigenvalue weighted by Crippen LogP contribution is -2.57. The van der Waals surface area contributed by atoms with Crippen LogP contribution < -0.4 is 10.6 Å². The Balaban J connectivity index is 1.60. The molecule has 18 heavy (non-hydrogen) atoms. The van der Waals surface area contributed by atoms with Gasteiger partial charge in [-0.1, -0.05) is 13.8 Å². The molecule has 2 aliphatic heterocycles. The standard InChI is InChI=1S/C15H23N3/c1-15(2)10-18(11-15)14-7-8-17(9-14)13-5-3-12(16)4-6-13/h3-6,14H,7-11,16H2,1-2H3. The fourth-order valence-corrected chi connectivity index (χ4v) is 3.27. The van der Waals surface area contributed by atoms with Crippen LogP contribution in [0.15, 0.2) is 24.3 Å². The van der Waals surface area contributed by atoms with E-state index in [0.717, 1.165) is 11.7 Å². The first-order valence-corrected chi connectivity index (χ1v) is 6.88. The lowest BCUT2D eigenvalue weighted by molar-refractivity contribution is 0.00101. The van der Waals surface area contributed by atoms with Crippen LogP contribution in [-0.2, 0) is 0 Å². The van der Waals surface area contributed by atoms with Crippen LogP contribution in [0.1, 0.15) is 20.3 Å². The summed E-state index contributed by atoms with van der Waals surface area (Å²) in [6, 6.07) is 9.01. The Morgan fingerprint density at radius 1 is 1.17 bits per heavy atom. The van der Waals surface area contributed by atoms with E-state index in [0.29, 0.717) is 5.41 Å². The van der Waals surface area contributed by atoms with E-state index >= 15 is 0 Å². The number of likely N-dealkylation sites (tertiary alicyclic amines) is 1. The molecule has 2 N–H and O–H groups in total. The first kappa shape index (κ1) is 11.8. The van der Waals surface area contributed by atoms with E-state index in [9.17, 15) is 0 Å². The summed E-state index contributed by atoms with van der Waals surface area (Å²) in [6.45, 7) is 9.57. The molecule has 1 unspecified atom stereocenters. The van der Waals surface area contributed by atoms with Crippen LogP contribution in [0.2, 0.25) is 0 Å². The van der Waals surface area contributed by atoms with Gasteiger partial charge in [-0.3, -0.25) is 4.90 Å². The number of rotatable bonds is 2. The quantitative estimate of drug-likeness (QED) is 0.811. The van der Waals surface area contributed by atoms with Crippen molar-refractivity contribution in [2.75, 3.05) is 36.8 Å². The molecule has 0 amide bonds. The maximum atomic E-state index is 5.73. The molecule has 3 rings (SSSR count). The SMILES string of the molecule is CC1(C)CN(C2CCN(c3ccc(N)cc3)C2)C1. The molecule has 98 valence electrons. The molecule has 2 fully saturated rings. The molecule has 0 radical (unpaired) electrons. The smallest absolute Gasteiger partial charge is 0.0368 e. The predicted octanol–water partition coefficient (Wildman–Crippen LogP) is 2.19. The number of benzene rings is 1. The van der Waals surface area contributed by atoms with Crippen LogP contribution in [0, 0.1) is 5.41 Å². The number of nitrogen functional groups attached to an aromatic ring is 1. The predicted molar refractivity (Wildman–Crippen MR) is 76.8 cm³/mol. The Bertz CT molecular complexity index is 416. The monoisotopic (exact) mass is 245 g/mol. The average Bonchev–Trinajstić information content (AvgIpc) is 2.76. The lowest BCUT2D eigenvalue weighted by Gasteiger charge is -2.49. The van der Waals surface area contributed by atoms with Gasteiger partial charge in [-0.25, -0.2) is 0 Å². The summed E-state index contributed by atoms with van der Waals surface area (Å²) in [4.78, 5) is 5.12. The highest BCUT2D eigenvalue weighted by molar-refractivity contribution is 5.53. The molecule has 2 aliphatic rings. The molecule has 2 saturated heterocycles. The molecule has 0 aromatic heterocycles. The number of hydrogen-bond donors (Lipinski definition) is 1. The summed E-state index contributed by atoms with van der Waals surface area (Å²) in [5.41, 5.74) is 8.43. The number of nitrogens with zero attached hydrogens (tertiary/aromatic N) is 2. The average molecular weight is 245 g/mol. The van der Waals surface area contributed by atoms with Gasteiger partial charge in [0.2, 0.25) is 0 Å². The van der Waals surface area contributed by atoms with Gasteiger partial charge in [0.15, 0.2) is 0 Å². The molecule has 3 heteroatoms. The van der Waals surface area contributed by atoms with Crippen molar-refractivity contribution < 1.29 is 0 Å². The van der Waals surface area contributed by atoms with E-state index in [2.05, 4.69) is 35.8 Å². The Hall–Kier alpha value is -1.22. The first-order chi connectivity index (χ1) is 8.53. The van der Waals surface area contributed by atoms with Crippen molar-refractivity contribution in [3.63, 3.8) is 0 Å². The molecule has 0 bridgehead atoms. The highest BCUT2D eigenvalue weighted by Crippen LogP contribution is 2.34. The minimum Gasteiger partial charge on any atom is -0.399 e. The minimum absolute atomic E-state index is 0.536. The van der Waals surface area contributed by atoms with Crippen LogP contribution in [0.4, 0.5) is 11.4 Å². The van der Waals surface area contributed by atoms with E-state index in [1.807, 2.05) is 12.1 Å². The second-order valence-electron chi connectivity index (χ2n) is 6.55. The van der Waals surface area contributed by atoms with E-state index in [1.165, 1.54) is 38.3 Å². The first-order valence-electron chi connectivity index (χ1n) is 6.88. The van der Waals surface area contributed by atoms with Gasteiger partial charge in [-0.2, -0.15) is 0 Å². The third kappa shape index (κ3) is 2.19. The third-order valence-electron chi connectivity index (χ3n) is 4.20. The third-order valence-corrected chi connectivity index (χ3v) is 4.20. The van der Waals surface area contributed by atoms with Crippen LogP contribution in [0.5, 0.6) is 0 Å². The Morgan fingerprint density at radius 2 is 1.83 bits per heavy atom. The molecule has 3 nitrogen and oxygen atoms in total. The van der Waals surface area contributed by atoms with Gasteiger partial charge in [0.25, 0.3) is 0 Å². The lowest BCUT2D eigenvalue weighted by atomic mass is 9.83. The summed E-state index contributed by atoms with van der Waals surface area (Å²) in [5.74, 6) is 0. The van der Waals surface area contributed by atoms with Gasteiger partial charge in [-0.05, 0) is 36.1 Å². The highest BCUT2D eigenvalue weighted by Gasteiger charge is 2.40. The van der Waals surface area contributed by atoms with E-state index in [1.54, 1.807) is 0 Å². The van der Waals surface area contributed by atoms with Crippen LogP contribution in [0.3, 0.4) is 0 Å². The second-order valence-corrected chi connectivity index (χ2v) is 6.55. The van der Waals surface area contributed by atoms with E-state index < -0.39 is 0 Å². The van der Waals surface area contributed by atoms with Crippen molar-refractivity contribution in [1.29, 1.82) is 0 Å². The summed E-state index contributed by atoms with van der Waals surface area (Å²) < 4.78 is 0. The molecular weight excluding hydrogens is 222 g/mol. The zero-order valence-corrected chi connectivity index (χ0v) is 11.4. The van der Waals surface area contributed by atoms with Crippen LogP contribution >= 0.6 is 0 Å². The van der Waals surface area contributed by atoms with Gasteiger partial charge in [0, 0.05) is 43.6 Å². The molecule has 1 aromatic carbocycles. The second kappa shape index (κ2) is 4.16. The molecule has 0 spiro atoms. The fourth-order valence-electron chi connectivity index (χ4n) is 3.27. The topological polar surface area (TPSA) is 32.5 Å². The Kier molecular flexibility index (Phi) is 2.74. The van der Waals surface area contributed by atoms with Crippen molar-refractivity contribution in [3.8, 4) is 0 Å². The zero-order chi connectivity index (χ0) is 12.8.